The molecular formula is C11H18. The first-order chi connectivity index (χ1) is 5.05. The lowest BCUT2D eigenvalue weighted by atomic mass is 9.74. The van der Waals surface area contributed by atoms with Crippen molar-refractivity contribution in [3.63, 3.8) is 0 Å². The summed E-state index contributed by atoms with van der Waals surface area (Å²) in [6.07, 6.45) is 7.82. The van der Waals surface area contributed by atoms with E-state index in [0.717, 1.165) is 12.3 Å². The SMILES string of the molecule is CC(C)C(C)(C)C1=CC=CC1. The predicted octanol–water partition coefficient (Wildman–Crippen LogP) is 3.55. The van der Waals surface area contributed by atoms with Gasteiger partial charge in [0.1, 0.15) is 0 Å². The minimum Gasteiger partial charge on any atom is -0.0804 e. The normalized spacial score (nSPS) is 17.7. The summed E-state index contributed by atoms with van der Waals surface area (Å²) in [4.78, 5) is 0. The molecule has 0 aromatic rings. The Morgan fingerprint density at radius 2 is 2.00 bits per heavy atom. The van der Waals surface area contributed by atoms with Crippen LogP contribution in [0.25, 0.3) is 0 Å². The first-order valence-corrected chi connectivity index (χ1v) is 4.41. The van der Waals surface area contributed by atoms with E-state index in [1.807, 2.05) is 0 Å². The molecule has 0 spiro atoms. The zero-order valence-corrected chi connectivity index (χ0v) is 8.02. The summed E-state index contributed by atoms with van der Waals surface area (Å²) in [5.74, 6) is 0.730. The Morgan fingerprint density at radius 3 is 2.36 bits per heavy atom. The molecule has 0 radical (unpaired) electrons. The van der Waals surface area contributed by atoms with Gasteiger partial charge in [0, 0.05) is 0 Å². The van der Waals surface area contributed by atoms with Crippen molar-refractivity contribution < 1.29 is 0 Å². The fraction of sp³-hybridized carbons (Fsp3) is 0.636. The average molecular weight is 150 g/mol. The Hall–Kier alpha value is -0.520. The number of hydrogen-bond acceptors (Lipinski definition) is 0. The van der Waals surface area contributed by atoms with Crippen LogP contribution in [-0.4, -0.2) is 0 Å². The van der Waals surface area contributed by atoms with Gasteiger partial charge in [0.05, 0.1) is 0 Å². The van der Waals surface area contributed by atoms with E-state index in [-0.39, 0.29) is 0 Å². The van der Waals surface area contributed by atoms with Crippen LogP contribution in [0.15, 0.2) is 23.8 Å². The maximum Gasteiger partial charge on any atom is -0.0115 e. The molecule has 62 valence electrons. The molecule has 1 aliphatic carbocycles. The highest BCUT2D eigenvalue weighted by Crippen LogP contribution is 2.38. The number of allylic oxidation sites excluding steroid dienone is 4. The lowest BCUT2D eigenvalue weighted by Crippen LogP contribution is -2.21. The summed E-state index contributed by atoms with van der Waals surface area (Å²) in [5, 5.41) is 0. The molecule has 0 aliphatic heterocycles. The molecule has 0 aromatic heterocycles. The molecule has 11 heavy (non-hydrogen) atoms. The van der Waals surface area contributed by atoms with E-state index < -0.39 is 0 Å². The quantitative estimate of drug-likeness (QED) is 0.564. The van der Waals surface area contributed by atoms with Crippen LogP contribution in [0.1, 0.15) is 34.1 Å². The van der Waals surface area contributed by atoms with Crippen molar-refractivity contribution in [1.29, 1.82) is 0 Å². The van der Waals surface area contributed by atoms with E-state index in [1.54, 1.807) is 5.57 Å². The second-order valence-electron chi connectivity index (χ2n) is 4.20. The Balaban J connectivity index is 2.73. The fourth-order valence-electron chi connectivity index (χ4n) is 1.30. The summed E-state index contributed by atoms with van der Waals surface area (Å²) in [6, 6.07) is 0. The van der Waals surface area contributed by atoms with Crippen molar-refractivity contribution >= 4 is 0 Å². The van der Waals surface area contributed by atoms with Gasteiger partial charge in [-0.25, -0.2) is 0 Å². The van der Waals surface area contributed by atoms with Crippen molar-refractivity contribution in [2.45, 2.75) is 34.1 Å². The average Bonchev–Trinajstić information content (AvgIpc) is 2.37. The number of hydrogen-bond donors (Lipinski definition) is 0. The highest BCUT2D eigenvalue weighted by Gasteiger charge is 2.26. The molecule has 0 saturated heterocycles. The van der Waals surface area contributed by atoms with Gasteiger partial charge in [0.25, 0.3) is 0 Å². The Bertz CT molecular complexity index is 192. The monoisotopic (exact) mass is 150 g/mol. The van der Waals surface area contributed by atoms with Gasteiger partial charge in [-0.1, -0.05) is 51.5 Å². The van der Waals surface area contributed by atoms with Crippen LogP contribution in [0.3, 0.4) is 0 Å². The van der Waals surface area contributed by atoms with Crippen LogP contribution in [0.5, 0.6) is 0 Å². The number of rotatable bonds is 2. The molecule has 0 aromatic carbocycles. The third-order valence-corrected chi connectivity index (χ3v) is 3.04. The highest BCUT2D eigenvalue weighted by atomic mass is 14.3. The van der Waals surface area contributed by atoms with Crippen LogP contribution >= 0.6 is 0 Å². The molecule has 0 amide bonds. The van der Waals surface area contributed by atoms with E-state index in [4.69, 9.17) is 0 Å². The topological polar surface area (TPSA) is 0 Å². The van der Waals surface area contributed by atoms with Crippen molar-refractivity contribution in [3.05, 3.63) is 23.8 Å². The van der Waals surface area contributed by atoms with E-state index in [9.17, 15) is 0 Å². The van der Waals surface area contributed by atoms with Crippen LogP contribution in [0.2, 0.25) is 0 Å². The zero-order chi connectivity index (χ0) is 8.48. The Morgan fingerprint density at radius 1 is 1.36 bits per heavy atom. The van der Waals surface area contributed by atoms with Crippen molar-refractivity contribution in [2.75, 3.05) is 0 Å². The van der Waals surface area contributed by atoms with E-state index in [1.165, 1.54) is 0 Å². The summed E-state index contributed by atoms with van der Waals surface area (Å²) >= 11 is 0. The summed E-state index contributed by atoms with van der Waals surface area (Å²) in [6.45, 7) is 9.24. The van der Waals surface area contributed by atoms with Crippen LogP contribution in [-0.2, 0) is 0 Å². The molecule has 0 saturated carbocycles. The standard InChI is InChI=1S/C11H18/c1-9(2)11(3,4)10-7-5-6-8-10/h5-7,9H,8H2,1-4H3. The van der Waals surface area contributed by atoms with E-state index in [0.29, 0.717) is 5.41 Å². The largest absolute Gasteiger partial charge is 0.0804 e. The zero-order valence-electron chi connectivity index (χ0n) is 8.02. The molecule has 0 heteroatoms. The minimum absolute atomic E-state index is 0.378. The van der Waals surface area contributed by atoms with Crippen molar-refractivity contribution in [2.24, 2.45) is 11.3 Å². The van der Waals surface area contributed by atoms with Gasteiger partial charge in [-0.2, -0.15) is 0 Å². The maximum atomic E-state index is 2.33. The van der Waals surface area contributed by atoms with Gasteiger partial charge < -0.3 is 0 Å². The molecule has 0 unspecified atom stereocenters. The third-order valence-electron chi connectivity index (χ3n) is 3.04. The van der Waals surface area contributed by atoms with Crippen LogP contribution < -0.4 is 0 Å². The van der Waals surface area contributed by atoms with Gasteiger partial charge in [-0.15, -0.1) is 0 Å². The summed E-state index contributed by atoms with van der Waals surface area (Å²) in [7, 11) is 0. The minimum atomic E-state index is 0.378. The predicted molar refractivity (Wildman–Crippen MR) is 50.5 cm³/mol. The lowest BCUT2D eigenvalue weighted by Gasteiger charge is -2.31. The summed E-state index contributed by atoms with van der Waals surface area (Å²) < 4.78 is 0. The molecule has 1 aliphatic rings. The lowest BCUT2D eigenvalue weighted by molar-refractivity contribution is 0.306. The Kier molecular flexibility index (Phi) is 2.22. The van der Waals surface area contributed by atoms with Crippen molar-refractivity contribution in [1.82, 2.24) is 0 Å². The first kappa shape index (κ1) is 8.58. The van der Waals surface area contributed by atoms with E-state index >= 15 is 0 Å². The molecule has 1 rings (SSSR count). The highest BCUT2D eigenvalue weighted by molar-refractivity contribution is 5.28. The second-order valence-corrected chi connectivity index (χ2v) is 4.20. The van der Waals surface area contributed by atoms with Gasteiger partial charge in [-0.3, -0.25) is 0 Å². The summed E-state index contributed by atoms with van der Waals surface area (Å²) in [5.41, 5.74) is 1.95. The molecular weight excluding hydrogens is 132 g/mol. The van der Waals surface area contributed by atoms with Crippen molar-refractivity contribution in [3.8, 4) is 0 Å². The van der Waals surface area contributed by atoms with Gasteiger partial charge in [-0.05, 0) is 17.8 Å². The molecule has 0 heterocycles. The molecule has 0 nitrogen and oxygen atoms in total. The second kappa shape index (κ2) is 2.84. The Labute approximate surface area is 70.0 Å². The van der Waals surface area contributed by atoms with Gasteiger partial charge in [0.15, 0.2) is 0 Å². The smallest absolute Gasteiger partial charge is 0.0115 e. The van der Waals surface area contributed by atoms with E-state index in [2.05, 4.69) is 45.9 Å². The fourth-order valence-corrected chi connectivity index (χ4v) is 1.30. The molecule has 0 bridgehead atoms. The van der Waals surface area contributed by atoms with Gasteiger partial charge >= 0.3 is 0 Å². The van der Waals surface area contributed by atoms with Crippen LogP contribution in [0.4, 0.5) is 0 Å². The van der Waals surface area contributed by atoms with Crippen LogP contribution in [0, 0.1) is 11.3 Å². The molecule has 0 atom stereocenters. The molecule has 0 N–H and O–H groups in total. The third kappa shape index (κ3) is 1.55. The van der Waals surface area contributed by atoms with Gasteiger partial charge in [0.2, 0.25) is 0 Å². The molecule has 0 fully saturated rings. The first-order valence-electron chi connectivity index (χ1n) is 4.41. The maximum absolute atomic E-state index is 2.33.